The van der Waals surface area contributed by atoms with Crippen molar-refractivity contribution in [1.82, 2.24) is 4.90 Å². The fraction of sp³-hybridized carbons (Fsp3) is 0.364. The molecule has 7 nitrogen and oxygen atoms in total. The largest absolute Gasteiger partial charge is 0.497 e. The van der Waals surface area contributed by atoms with Gasteiger partial charge in [-0.25, -0.2) is 0 Å². The molecule has 0 radical (unpaired) electrons. The minimum atomic E-state index is -0.157. The van der Waals surface area contributed by atoms with E-state index in [4.69, 9.17) is 18.9 Å². The lowest BCUT2D eigenvalue weighted by molar-refractivity contribution is -0.134. The summed E-state index contributed by atoms with van der Waals surface area (Å²) in [6.45, 7) is 0.478. The van der Waals surface area contributed by atoms with Crippen molar-refractivity contribution >= 4 is 12.2 Å². The molecule has 2 aromatic carbocycles. The second-order valence-corrected chi connectivity index (χ2v) is 6.66. The number of carbonyl (C=O) groups excluding carboxylic acids is 2. The Balaban J connectivity index is 1.75. The van der Waals surface area contributed by atoms with Crippen molar-refractivity contribution in [1.29, 1.82) is 0 Å². The van der Waals surface area contributed by atoms with Crippen molar-refractivity contribution in [3.8, 4) is 23.0 Å². The Labute approximate surface area is 170 Å². The van der Waals surface area contributed by atoms with Crippen LogP contribution < -0.4 is 18.9 Å². The first kappa shape index (κ1) is 20.5. The number of methoxy groups -OCH3 is 3. The van der Waals surface area contributed by atoms with Crippen LogP contribution in [0.3, 0.4) is 0 Å². The zero-order valence-corrected chi connectivity index (χ0v) is 16.8. The van der Waals surface area contributed by atoms with E-state index >= 15 is 0 Å². The predicted molar refractivity (Wildman–Crippen MR) is 107 cm³/mol. The van der Waals surface area contributed by atoms with Crippen molar-refractivity contribution < 1.29 is 28.5 Å². The summed E-state index contributed by atoms with van der Waals surface area (Å²) in [6, 6.07) is 10.4. The Morgan fingerprint density at radius 1 is 1.03 bits per heavy atom. The number of carbonyl (C=O) groups is 2. The fourth-order valence-corrected chi connectivity index (χ4v) is 3.59. The minimum absolute atomic E-state index is 0.113. The lowest BCUT2D eigenvalue weighted by Crippen LogP contribution is -2.34. The van der Waals surface area contributed by atoms with Crippen molar-refractivity contribution in [3.05, 3.63) is 47.5 Å². The van der Waals surface area contributed by atoms with Crippen LogP contribution in [0.5, 0.6) is 23.0 Å². The van der Waals surface area contributed by atoms with Crippen LogP contribution in [0.15, 0.2) is 36.4 Å². The van der Waals surface area contributed by atoms with Gasteiger partial charge in [0.15, 0.2) is 12.9 Å². The number of aldehydes is 1. The van der Waals surface area contributed by atoms with Crippen molar-refractivity contribution in [2.75, 3.05) is 34.5 Å². The minimum Gasteiger partial charge on any atom is -0.497 e. The lowest BCUT2D eigenvalue weighted by Gasteiger charge is -2.26. The molecule has 0 aliphatic carbocycles. The molecule has 2 aromatic rings. The molecule has 0 spiro atoms. The van der Waals surface area contributed by atoms with Gasteiger partial charge in [-0.2, -0.15) is 0 Å². The van der Waals surface area contributed by atoms with Crippen molar-refractivity contribution in [2.45, 2.75) is 18.9 Å². The number of hydrogen-bond acceptors (Lipinski definition) is 6. The lowest BCUT2D eigenvalue weighted by atomic mass is 10.0. The van der Waals surface area contributed by atoms with E-state index in [1.807, 2.05) is 18.2 Å². The summed E-state index contributed by atoms with van der Waals surface area (Å²) in [6.07, 6.45) is 2.40. The number of nitrogens with zero attached hydrogens (tertiary/aromatic N) is 1. The van der Waals surface area contributed by atoms with Gasteiger partial charge in [0, 0.05) is 12.1 Å². The number of amides is 1. The Morgan fingerprint density at radius 2 is 1.72 bits per heavy atom. The summed E-state index contributed by atoms with van der Waals surface area (Å²) in [5.74, 6) is 2.18. The molecule has 0 unspecified atom stereocenters. The summed E-state index contributed by atoms with van der Waals surface area (Å²) in [5.41, 5.74) is 1.25. The summed E-state index contributed by atoms with van der Waals surface area (Å²) in [5, 5.41) is 0. The maximum atomic E-state index is 12.9. The van der Waals surface area contributed by atoms with Crippen molar-refractivity contribution in [2.24, 2.45) is 0 Å². The summed E-state index contributed by atoms with van der Waals surface area (Å²) < 4.78 is 21.6. The maximum absolute atomic E-state index is 12.9. The van der Waals surface area contributed by atoms with Crippen LogP contribution >= 0.6 is 0 Å². The molecule has 3 rings (SSSR count). The van der Waals surface area contributed by atoms with Gasteiger partial charge in [0.05, 0.1) is 32.9 Å². The van der Waals surface area contributed by atoms with Gasteiger partial charge < -0.3 is 23.8 Å². The first-order valence-electron chi connectivity index (χ1n) is 9.38. The first-order valence-corrected chi connectivity index (χ1v) is 9.38. The van der Waals surface area contributed by atoms with Gasteiger partial charge in [-0.15, -0.1) is 0 Å². The monoisotopic (exact) mass is 399 g/mol. The number of rotatable bonds is 8. The van der Waals surface area contributed by atoms with E-state index < -0.39 is 0 Å². The highest BCUT2D eigenvalue weighted by Crippen LogP contribution is 2.39. The molecule has 29 heavy (non-hydrogen) atoms. The van der Waals surface area contributed by atoms with E-state index in [2.05, 4.69) is 0 Å². The van der Waals surface area contributed by atoms with E-state index in [1.54, 1.807) is 37.3 Å². The summed E-state index contributed by atoms with van der Waals surface area (Å²) in [4.78, 5) is 26.0. The Hall–Kier alpha value is -3.22. The van der Waals surface area contributed by atoms with Crippen molar-refractivity contribution in [3.63, 3.8) is 0 Å². The molecule has 1 aliphatic heterocycles. The first-order chi connectivity index (χ1) is 14.1. The van der Waals surface area contributed by atoms with Crippen LogP contribution in [0.2, 0.25) is 0 Å². The van der Waals surface area contributed by atoms with Crippen LogP contribution in [0, 0.1) is 0 Å². The standard InChI is InChI=1S/C22H25NO6/c1-26-16-6-8-20(15(11-16)13-24)29-14-22(25)23-10-4-5-19(23)18-12-17(27-2)7-9-21(18)28-3/h6-9,11-13,19H,4-5,10,14H2,1-3H3/t19-/m1/s1. The van der Waals surface area contributed by atoms with Crippen LogP contribution in [-0.4, -0.2) is 51.6 Å². The van der Waals surface area contributed by atoms with Crippen LogP contribution in [0.25, 0.3) is 0 Å². The molecule has 1 heterocycles. The highest BCUT2D eigenvalue weighted by Gasteiger charge is 2.32. The molecule has 1 fully saturated rings. The molecule has 1 aliphatic rings. The van der Waals surface area contributed by atoms with Gasteiger partial charge in [-0.1, -0.05) is 0 Å². The number of benzene rings is 2. The SMILES string of the molecule is COc1ccc(OCC(=O)N2CCC[C@@H]2c2cc(OC)ccc2OC)c(C=O)c1. The maximum Gasteiger partial charge on any atom is 0.261 e. The quantitative estimate of drug-likeness (QED) is 0.635. The summed E-state index contributed by atoms with van der Waals surface area (Å²) in [7, 11) is 4.74. The van der Waals surface area contributed by atoms with Gasteiger partial charge in [0.2, 0.25) is 0 Å². The van der Waals surface area contributed by atoms with Gasteiger partial charge in [-0.05, 0) is 49.2 Å². The molecular weight excluding hydrogens is 374 g/mol. The second kappa shape index (κ2) is 9.32. The molecule has 7 heteroatoms. The predicted octanol–water partition coefficient (Wildman–Crippen LogP) is 3.27. The van der Waals surface area contributed by atoms with E-state index in [0.29, 0.717) is 35.6 Å². The Bertz CT molecular complexity index is 882. The van der Waals surface area contributed by atoms with E-state index in [9.17, 15) is 9.59 Å². The van der Waals surface area contributed by atoms with E-state index in [0.717, 1.165) is 24.2 Å². The van der Waals surface area contributed by atoms with Crippen LogP contribution in [-0.2, 0) is 4.79 Å². The average Bonchev–Trinajstić information content (AvgIpc) is 3.26. The number of hydrogen-bond donors (Lipinski definition) is 0. The molecule has 0 saturated carbocycles. The van der Waals surface area contributed by atoms with Gasteiger partial charge in [-0.3, -0.25) is 9.59 Å². The third kappa shape index (κ3) is 4.45. The fourth-order valence-electron chi connectivity index (χ4n) is 3.59. The summed E-state index contributed by atoms with van der Waals surface area (Å²) >= 11 is 0. The molecule has 1 atom stereocenters. The Kier molecular flexibility index (Phi) is 6.59. The molecule has 1 amide bonds. The van der Waals surface area contributed by atoms with Gasteiger partial charge in [0.1, 0.15) is 23.0 Å². The normalized spacial score (nSPS) is 15.7. The zero-order valence-electron chi connectivity index (χ0n) is 16.8. The topological polar surface area (TPSA) is 74.3 Å². The molecule has 0 bridgehead atoms. The molecule has 154 valence electrons. The highest BCUT2D eigenvalue weighted by atomic mass is 16.5. The zero-order chi connectivity index (χ0) is 20.8. The van der Waals surface area contributed by atoms with Crippen LogP contribution in [0.1, 0.15) is 34.8 Å². The van der Waals surface area contributed by atoms with E-state index in [1.165, 1.54) is 7.11 Å². The molecule has 0 N–H and O–H groups in total. The van der Waals surface area contributed by atoms with E-state index in [-0.39, 0.29) is 18.6 Å². The number of likely N-dealkylation sites (tertiary alicyclic amines) is 1. The molecular formula is C22H25NO6. The average molecular weight is 399 g/mol. The second-order valence-electron chi connectivity index (χ2n) is 6.66. The van der Waals surface area contributed by atoms with Crippen LogP contribution in [0.4, 0.5) is 0 Å². The third-order valence-corrected chi connectivity index (χ3v) is 5.06. The highest BCUT2D eigenvalue weighted by molar-refractivity contribution is 5.82. The Morgan fingerprint density at radius 3 is 2.38 bits per heavy atom. The molecule has 0 aromatic heterocycles. The number of ether oxygens (including phenoxy) is 4. The van der Waals surface area contributed by atoms with Gasteiger partial charge in [0.25, 0.3) is 5.91 Å². The smallest absolute Gasteiger partial charge is 0.261 e. The third-order valence-electron chi connectivity index (χ3n) is 5.06. The molecule has 1 saturated heterocycles. The van der Waals surface area contributed by atoms with Gasteiger partial charge >= 0.3 is 0 Å².